The minimum Gasteiger partial charge on any atom is -0.309 e. The van der Waals surface area contributed by atoms with Gasteiger partial charge < -0.3 is 4.57 Å². The topological polar surface area (TPSA) is 4.93 Å². The van der Waals surface area contributed by atoms with Crippen LogP contribution in [0.15, 0.2) is 182 Å². The zero-order valence-electron chi connectivity index (χ0n) is 28.1. The van der Waals surface area contributed by atoms with Gasteiger partial charge in [0.1, 0.15) is 0 Å². The molecule has 1 unspecified atom stereocenters. The molecule has 1 heteroatoms. The number of benzene rings is 8. The van der Waals surface area contributed by atoms with E-state index in [0.717, 1.165) is 6.42 Å². The summed E-state index contributed by atoms with van der Waals surface area (Å²) in [6, 6.07) is 67.6. The van der Waals surface area contributed by atoms with E-state index < -0.39 is 0 Å². The van der Waals surface area contributed by atoms with Gasteiger partial charge in [0.2, 0.25) is 0 Å². The first kappa shape index (κ1) is 28.4. The Morgan fingerprint density at radius 3 is 1.84 bits per heavy atom. The van der Waals surface area contributed by atoms with E-state index in [0.29, 0.717) is 0 Å². The third-order valence-corrected chi connectivity index (χ3v) is 11.3. The van der Waals surface area contributed by atoms with Crippen LogP contribution in [-0.4, -0.2) is 4.57 Å². The van der Waals surface area contributed by atoms with Crippen molar-refractivity contribution in [2.75, 3.05) is 0 Å². The molecule has 0 aliphatic heterocycles. The maximum absolute atomic E-state index is 2.43. The van der Waals surface area contributed by atoms with Crippen molar-refractivity contribution in [3.63, 3.8) is 0 Å². The molecule has 1 atom stereocenters. The van der Waals surface area contributed by atoms with Crippen molar-refractivity contribution in [2.45, 2.75) is 12.3 Å². The molecule has 0 spiro atoms. The molecule has 0 fully saturated rings. The van der Waals surface area contributed by atoms with Crippen molar-refractivity contribution in [1.29, 1.82) is 0 Å². The molecule has 8 aromatic carbocycles. The zero-order valence-corrected chi connectivity index (χ0v) is 28.1. The highest BCUT2D eigenvalue weighted by Gasteiger charge is 2.32. The zero-order chi connectivity index (χ0) is 33.5. The van der Waals surface area contributed by atoms with E-state index in [9.17, 15) is 0 Å². The second-order valence-corrected chi connectivity index (χ2v) is 14.0. The number of fused-ring (bicyclic) bond motifs is 9. The quantitative estimate of drug-likeness (QED) is 0.179. The van der Waals surface area contributed by atoms with Gasteiger partial charge in [-0.25, -0.2) is 0 Å². The lowest BCUT2D eigenvalue weighted by Gasteiger charge is -2.19. The van der Waals surface area contributed by atoms with Gasteiger partial charge in [-0.3, -0.25) is 0 Å². The number of hydrogen-bond acceptors (Lipinski definition) is 0. The minimum absolute atomic E-state index is 0.162. The lowest BCUT2D eigenvalue weighted by atomic mass is 9.83. The van der Waals surface area contributed by atoms with Crippen LogP contribution in [0.5, 0.6) is 0 Å². The molecule has 0 N–H and O–H groups in total. The molecule has 1 aromatic heterocycles. The summed E-state index contributed by atoms with van der Waals surface area (Å²) in [5, 5.41) is 2.55. The molecule has 0 saturated heterocycles. The normalized spacial score (nSPS) is 14.0. The standard InChI is InChI=1S/C50H33N/c1-2-13-37(14-3-1)51-48-21-11-10-18-42(48)43-26-22-33(31-49(43)51)32-23-27-46-47(30-32)41-17-7-9-20-45(41)50(46)44-19-8-6-16-39(44)35-24-25-40-36(29-35)28-34-12-4-5-15-38(34)40/h1-27,29-31,50H,28H2. The van der Waals surface area contributed by atoms with Gasteiger partial charge in [-0.15, -0.1) is 0 Å². The van der Waals surface area contributed by atoms with Crippen LogP contribution in [0, 0.1) is 0 Å². The summed E-state index contributed by atoms with van der Waals surface area (Å²) in [7, 11) is 0. The molecule has 0 bridgehead atoms. The molecule has 0 radical (unpaired) electrons. The number of hydrogen-bond donors (Lipinski definition) is 0. The minimum atomic E-state index is 0.162. The molecule has 1 nitrogen and oxygen atoms in total. The second kappa shape index (κ2) is 11.0. The Morgan fingerprint density at radius 1 is 0.353 bits per heavy atom. The molecule has 2 aliphatic rings. The molecule has 0 saturated carbocycles. The van der Waals surface area contributed by atoms with Crippen LogP contribution in [0.1, 0.15) is 33.7 Å². The second-order valence-electron chi connectivity index (χ2n) is 14.0. The number of rotatable bonds is 4. The molecule has 51 heavy (non-hydrogen) atoms. The highest BCUT2D eigenvalue weighted by atomic mass is 15.0. The van der Waals surface area contributed by atoms with Crippen molar-refractivity contribution in [2.24, 2.45) is 0 Å². The van der Waals surface area contributed by atoms with E-state index in [-0.39, 0.29) is 5.92 Å². The van der Waals surface area contributed by atoms with Crippen LogP contribution in [0.2, 0.25) is 0 Å². The van der Waals surface area contributed by atoms with E-state index in [1.807, 2.05) is 0 Å². The van der Waals surface area contributed by atoms with Gasteiger partial charge in [0.15, 0.2) is 0 Å². The fraction of sp³-hybridized carbons (Fsp3) is 0.0400. The van der Waals surface area contributed by atoms with E-state index >= 15 is 0 Å². The van der Waals surface area contributed by atoms with Crippen molar-refractivity contribution < 1.29 is 0 Å². The van der Waals surface area contributed by atoms with Gasteiger partial charge in [0, 0.05) is 22.4 Å². The summed E-state index contributed by atoms with van der Waals surface area (Å²) >= 11 is 0. The number of aromatic nitrogens is 1. The van der Waals surface area contributed by atoms with Crippen molar-refractivity contribution in [3.05, 3.63) is 210 Å². The Kier molecular flexibility index (Phi) is 6.15. The molecule has 1 heterocycles. The predicted octanol–water partition coefficient (Wildman–Crippen LogP) is 12.8. The van der Waals surface area contributed by atoms with Crippen LogP contribution >= 0.6 is 0 Å². The Bertz CT molecular complexity index is 2840. The Labute approximate surface area is 297 Å². The fourth-order valence-electron chi connectivity index (χ4n) is 9.05. The summed E-state index contributed by atoms with van der Waals surface area (Å²) in [6.07, 6.45) is 0.997. The molecule has 2 aliphatic carbocycles. The van der Waals surface area contributed by atoms with Crippen molar-refractivity contribution >= 4 is 21.8 Å². The maximum Gasteiger partial charge on any atom is 0.0547 e. The highest BCUT2D eigenvalue weighted by molar-refractivity contribution is 6.10. The lowest BCUT2D eigenvalue weighted by molar-refractivity contribution is 1.02. The van der Waals surface area contributed by atoms with Gasteiger partial charge in [-0.1, -0.05) is 152 Å². The smallest absolute Gasteiger partial charge is 0.0547 e. The first-order chi connectivity index (χ1) is 25.3. The Balaban J connectivity index is 1.04. The lowest BCUT2D eigenvalue weighted by Crippen LogP contribution is -2.02. The number of nitrogens with zero attached hydrogens (tertiary/aromatic N) is 1. The highest BCUT2D eigenvalue weighted by Crippen LogP contribution is 2.51. The van der Waals surface area contributed by atoms with Gasteiger partial charge in [0.05, 0.1) is 11.0 Å². The largest absolute Gasteiger partial charge is 0.309 e. The van der Waals surface area contributed by atoms with Crippen molar-refractivity contribution in [3.8, 4) is 50.2 Å². The van der Waals surface area contributed by atoms with Crippen LogP contribution in [-0.2, 0) is 6.42 Å². The van der Waals surface area contributed by atoms with Crippen LogP contribution in [0.3, 0.4) is 0 Å². The van der Waals surface area contributed by atoms with Gasteiger partial charge in [0.25, 0.3) is 0 Å². The first-order valence-electron chi connectivity index (χ1n) is 17.9. The Hall–Kier alpha value is -6.44. The van der Waals surface area contributed by atoms with E-state index in [1.54, 1.807) is 0 Å². The summed E-state index contributed by atoms with van der Waals surface area (Å²) in [4.78, 5) is 0. The van der Waals surface area contributed by atoms with E-state index in [1.165, 1.54) is 99.8 Å². The number of para-hydroxylation sites is 2. The maximum atomic E-state index is 2.43. The molecule has 0 amide bonds. The predicted molar refractivity (Wildman–Crippen MR) is 213 cm³/mol. The molecule has 11 rings (SSSR count). The first-order valence-corrected chi connectivity index (χ1v) is 17.9. The van der Waals surface area contributed by atoms with Gasteiger partial charge >= 0.3 is 0 Å². The molecule has 9 aromatic rings. The van der Waals surface area contributed by atoms with E-state index in [2.05, 4.69) is 187 Å². The average molecular weight is 648 g/mol. The molecule has 238 valence electrons. The van der Waals surface area contributed by atoms with Gasteiger partial charge in [-0.05, 0) is 109 Å². The summed E-state index contributed by atoms with van der Waals surface area (Å²) in [5.74, 6) is 0.162. The average Bonchev–Trinajstić information content (AvgIpc) is 3.85. The molecular formula is C50H33N. The third kappa shape index (κ3) is 4.28. The Morgan fingerprint density at radius 2 is 0.961 bits per heavy atom. The van der Waals surface area contributed by atoms with Crippen LogP contribution in [0.25, 0.3) is 72.0 Å². The summed E-state index contributed by atoms with van der Waals surface area (Å²) < 4.78 is 2.40. The van der Waals surface area contributed by atoms with Gasteiger partial charge in [-0.2, -0.15) is 0 Å². The van der Waals surface area contributed by atoms with Crippen LogP contribution < -0.4 is 0 Å². The van der Waals surface area contributed by atoms with Crippen LogP contribution in [0.4, 0.5) is 0 Å². The van der Waals surface area contributed by atoms with Crippen molar-refractivity contribution in [1.82, 2.24) is 4.57 Å². The van der Waals surface area contributed by atoms with E-state index in [4.69, 9.17) is 0 Å². The monoisotopic (exact) mass is 647 g/mol. The molecular weight excluding hydrogens is 615 g/mol. The SMILES string of the molecule is c1ccc(-n2c3ccccc3c3ccc(-c4ccc5c(c4)-c4ccccc4C5c4ccccc4-c4ccc5c(c4)Cc4ccccc4-5)cc32)cc1. The summed E-state index contributed by atoms with van der Waals surface area (Å²) in [5.41, 5.74) is 21.1. The third-order valence-electron chi connectivity index (χ3n) is 11.3. The summed E-state index contributed by atoms with van der Waals surface area (Å²) in [6.45, 7) is 0. The fourth-order valence-corrected chi connectivity index (χ4v) is 9.05.